The average molecular weight is 256 g/mol. The van der Waals surface area contributed by atoms with Crippen LogP contribution in [0.5, 0.6) is 5.75 Å². The van der Waals surface area contributed by atoms with Gasteiger partial charge in [-0.3, -0.25) is 0 Å². The minimum atomic E-state index is 0.475. The minimum Gasteiger partial charge on any atom is -0.497 e. The summed E-state index contributed by atoms with van der Waals surface area (Å²) in [5.41, 5.74) is 2.14. The first-order chi connectivity index (χ1) is 9.28. The fraction of sp³-hybridized carbons (Fsp3) is 0.154. The smallest absolute Gasteiger partial charge is 0.263 e. The van der Waals surface area contributed by atoms with E-state index in [0.717, 1.165) is 22.5 Å². The van der Waals surface area contributed by atoms with E-state index in [1.807, 2.05) is 31.2 Å². The van der Waals surface area contributed by atoms with Crippen molar-refractivity contribution < 1.29 is 9.26 Å². The maximum atomic E-state index is 5.12. The van der Waals surface area contributed by atoms with Crippen molar-refractivity contribution in [1.82, 2.24) is 15.1 Å². The van der Waals surface area contributed by atoms with E-state index in [2.05, 4.69) is 20.4 Å². The lowest BCUT2D eigenvalue weighted by atomic mass is 10.2. The highest BCUT2D eigenvalue weighted by Gasteiger charge is 2.11. The Hall–Kier alpha value is -2.63. The molecule has 6 nitrogen and oxygen atoms in total. The number of aryl methyl sites for hydroxylation is 1. The van der Waals surface area contributed by atoms with Crippen LogP contribution in [0.3, 0.4) is 0 Å². The number of benzene rings is 1. The molecule has 19 heavy (non-hydrogen) atoms. The van der Waals surface area contributed by atoms with Gasteiger partial charge >= 0.3 is 0 Å². The Bertz CT molecular complexity index is 706. The van der Waals surface area contributed by atoms with Gasteiger partial charge in [-0.1, -0.05) is 5.16 Å². The summed E-state index contributed by atoms with van der Waals surface area (Å²) in [6.45, 7) is 1.86. The molecule has 0 bridgehead atoms. The summed E-state index contributed by atoms with van der Waals surface area (Å²) in [4.78, 5) is 8.26. The topological polar surface area (TPSA) is 73.1 Å². The van der Waals surface area contributed by atoms with Crippen molar-refractivity contribution >= 4 is 22.6 Å². The van der Waals surface area contributed by atoms with Crippen LogP contribution in [-0.2, 0) is 0 Å². The van der Waals surface area contributed by atoms with Crippen LogP contribution in [-0.4, -0.2) is 22.2 Å². The molecule has 6 heteroatoms. The zero-order valence-corrected chi connectivity index (χ0v) is 10.5. The van der Waals surface area contributed by atoms with Crippen molar-refractivity contribution in [2.45, 2.75) is 6.92 Å². The first-order valence-corrected chi connectivity index (χ1v) is 5.76. The van der Waals surface area contributed by atoms with E-state index in [1.165, 1.54) is 6.33 Å². The van der Waals surface area contributed by atoms with Gasteiger partial charge in [-0.15, -0.1) is 0 Å². The lowest BCUT2D eigenvalue weighted by Crippen LogP contribution is -1.95. The summed E-state index contributed by atoms with van der Waals surface area (Å²) in [5.74, 6) is 1.48. The van der Waals surface area contributed by atoms with Crippen LogP contribution in [0, 0.1) is 6.92 Å². The lowest BCUT2D eigenvalue weighted by molar-refractivity contribution is 0.415. The average Bonchev–Trinajstić information content (AvgIpc) is 2.83. The number of hydrogen-bond acceptors (Lipinski definition) is 6. The van der Waals surface area contributed by atoms with E-state index in [9.17, 15) is 0 Å². The van der Waals surface area contributed by atoms with E-state index in [-0.39, 0.29) is 0 Å². The highest BCUT2D eigenvalue weighted by molar-refractivity contribution is 5.89. The molecular formula is C13H12N4O2. The molecule has 0 aliphatic rings. The van der Waals surface area contributed by atoms with Crippen molar-refractivity contribution in [3.63, 3.8) is 0 Å². The molecule has 96 valence electrons. The fourth-order valence-corrected chi connectivity index (χ4v) is 1.83. The zero-order chi connectivity index (χ0) is 13.2. The summed E-state index contributed by atoms with van der Waals surface area (Å²) in [7, 11) is 1.64. The van der Waals surface area contributed by atoms with Crippen molar-refractivity contribution in [2.75, 3.05) is 12.4 Å². The van der Waals surface area contributed by atoms with Crippen molar-refractivity contribution in [3.05, 3.63) is 36.3 Å². The van der Waals surface area contributed by atoms with Gasteiger partial charge in [0.25, 0.3) is 5.71 Å². The van der Waals surface area contributed by atoms with Gasteiger partial charge in [-0.2, -0.15) is 4.98 Å². The van der Waals surface area contributed by atoms with Gasteiger partial charge < -0.3 is 14.6 Å². The highest BCUT2D eigenvalue weighted by atomic mass is 16.5. The van der Waals surface area contributed by atoms with Crippen LogP contribution < -0.4 is 10.1 Å². The predicted octanol–water partition coefficient (Wildman–Crippen LogP) is 2.68. The molecule has 2 heterocycles. The molecule has 0 aliphatic carbocycles. The monoisotopic (exact) mass is 256 g/mol. The summed E-state index contributed by atoms with van der Waals surface area (Å²) in [5, 5.41) is 7.90. The van der Waals surface area contributed by atoms with E-state index >= 15 is 0 Å². The van der Waals surface area contributed by atoms with Gasteiger partial charge in [0.15, 0.2) is 0 Å². The first kappa shape index (κ1) is 11.5. The van der Waals surface area contributed by atoms with Crippen molar-refractivity contribution in [2.24, 2.45) is 0 Å². The number of ether oxygens (including phenoxy) is 1. The second kappa shape index (κ2) is 4.56. The van der Waals surface area contributed by atoms with Gasteiger partial charge in [0.2, 0.25) is 0 Å². The summed E-state index contributed by atoms with van der Waals surface area (Å²) >= 11 is 0. The maximum absolute atomic E-state index is 5.12. The van der Waals surface area contributed by atoms with Crippen LogP contribution in [0.4, 0.5) is 11.5 Å². The molecule has 0 atom stereocenters. The molecule has 0 saturated heterocycles. The normalized spacial score (nSPS) is 10.6. The summed E-state index contributed by atoms with van der Waals surface area (Å²) in [6.07, 6.45) is 1.44. The summed E-state index contributed by atoms with van der Waals surface area (Å²) < 4.78 is 10.2. The van der Waals surface area contributed by atoms with Gasteiger partial charge in [-0.05, 0) is 31.2 Å². The van der Waals surface area contributed by atoms with Gasteiger partial charge in [0.05, 0.1) is 12.8 Å². The number of aromatic nitrogens is 3. The fourth-order valence-electron chi connectivity index (χ4n) is 1.83. The van der Waals surface area contributed by atoms with E-state index in [0.29, 0.717) is 11.5 Å². The quantitative estimate of drug-likeness (QED) is 0.776. The third-order valence-electron chi connectivity index (χ3n) is 2.80. The zero-order valence-electron chi connectivity index (χ0n) is 10.5. The number of rotatable bonds is 3. The van der Waals surface area contributed by atoms with Crippen LogP contribution in [0.2, 0.25) is 0 Å². The molecule has 0 radical (unpaired) electrons. The first-order valence-electron chi connectivity index (χ1n) is 5.76. The van der Waals surface area contributed by atoms with Crippen LogP contribution in [0.25, 0.3) is 11.1 Å². The standard InChI is InChI=1S/C13H12N4O2/c1-8-11-12(14-7-15-13(11)19-17-8)16-9-3-5-10(18-2)6-4-9/h3-7H,1-2H3,(H,14,15,16). The highest BCUT2D eigenvalue weighted by Crippen LogP contribution is 2.26. The number of methoxy groups -OCH3 is 1. The molecule has 2 aromatic heterocycles. The van der Waals surface area contributed by atoms with Crippen LogP contribution >= 0.6 is 0 Å². The van der Waals surface area contributed by atoms with Gasteiger partial charge in [0.1, 0.15) is 23.3 Å². The summed E-state index contributed by atoms with van der Waals surface area (Å²) in [6, 6.07) is 7.58. The predicted molar refractivity (Wildman–Crippen MR) is 70.6 cm³/mol. The maximum Gasteiger partial charge on any atom is 0.263 e. The van der Waals surface area contributed by atoms with Gasteiger partial charge in [0, 0.05) is 5.69 Å². The number of nitrogens with zero attached hydrogens (tertiary/aromatic N) is 3. The third kappa shape index (κ3) is 2.08. The molecule has 0 amide bonds. The van der Waals surface area contributed by atoms with Crippen molar-refractivity contribution in [1.29, 1.82) is 0 Å². The Morgan fingerprint density at radius 3 is 2.68 bits per heavy atom. The Morgan fingerprint density at radius 2 is 1.95 bits per heavy atom. The van der Waals surface area contributed by atoms with Gasteiger partial charge in [-0.25, -0.2) is 4.98 Å². The molecule has 1 aromatic carbocycles. The second-order valence-corrected chi connectivity index (χ2v) is 4.02. The minimum absolute atomic E-state index is 0.475. The molecule has 1 N–H and O–H groups in total. The number of nitrogens with one attached hydrogen (secondary N) is 1. The molecule has 3 rings (SSSR count). The van der Waals surface area contributed by atoms with Crippen LogP contribution in [0.15, 0.2) is 35.1 Å². The Kier molecular flexibility index (Phi) is 2.75. The molecule has 0 fully saturated rings. The number of anilines is 2. The number of fused-ring (bicyclic) bond motifs is 1. The molecular weight excluding hydrogens is 244 g/mol. The van der Waals surface area contributed by atoms with Crippen LogP contribution in [0.1, 0.15) is 5.69 Å². The van der Waals surface area contributed by atoms with E-state index in [4.69, 9.17) is 9.26 Å². The molecule has 0 unspecified atom stereocenters. The SMILES string of the molecule is COc1ccc(Nc2ncnc3onc(C)c23)cc1. The Balaban J connectivity index is 1.98. The molecule has 0 spiro atoms. The Labute approximate surface area is 109 Å². The lowest BCUT2D eigenvalue weighted by Gasteiger charge is -2.06. The molecule has 0 aliphatic heterocycles. The van der Waals surface area contributed by atoms with E-state index < -0.39 is 0 Å². The van der Waals surface area contributed by atoms with E-state index in [1.54, 1.807) is 7.11 Å². The largest absolute Gasteiger partial charge is 0.497 e. The third-order valence-corrected chi connectivity index (χ3v) is 2.80. The molecule has 3 aromatic rings. The number of hydrogen-bond donors (Lipinski definition) is 1. The second-order valence-electron chi connectivity index (χ2n) is 4.02. The molecule has 0 saturated carbocycles. The Morgan fingerprint density at radius 1 is 1.16 bits per heavy atom. The van der Waals surface area contributed by atoms with Crippen molar-refractivity contribution in [3.8, 4) is 5.75 Å².